The summed E-state index contributed by atoms with van der Waals surface area (Å²) >= 11 is 0. The summed E-state index contributed by atoms with van der Waals surface area (Å²) in [6.07, 6.45) is 2.14. The first-order valence-corrected chi connectivity index (χ1v) is 6.57. The topological polar surface area (TPSA) is 53.7 Å². The molecule has 0 aromatic carbocycles. The third kappa shape index (κ3) is 5.34. The molecule has 4 nitrogen and oxygen atoms in total. The van der Waals surface area contributed by atoms with Gasteiger partial charge in [0.25, 0.3) is 0 Å². The summed E-state index contributed by atoms with van der Waals surface area (Å²) in [5.41, 5.74) is 5.79. The van der Waals surface area contributed by atoms with Crippen LogP contribution < -0.4 is 5.73 Å². The molecule has 102 valence electrons. The van der Waals surface area contributed by atoms with Crippen molar-refractivity contribution in [2.45, 2.75) is 64.4 Å². The van der Waals surface area contributed by atoms with Crippen molar-refractivity contribution >= 4 is 0 Å². The first-order chi connectivity index (χ1) is 7.94. The Morgan fingerprint density at radius 3 is 2.35 bits per heavy atom. The van der Waals surface area contributed by atoms with Crippen molar-refractivity contribution in [3.63, 3.8) is 0 Å². The zero-order chi connectivity index (χ0) is 12.9. The van der Waals surface area contributed by atoms with E-state index >= 15 is 0 Å². The highest BCUT2D eigenvalue weighted by Gasteiger charge is 2.40. The van der Waals surface area contributed by atoms with Crippen molar-refractivity contribution in [1.82, 2.24) is 0 Å². The van der Waals surface area contributed by atoms with Crippen LogP contribution in [0.1, 0.15) is 40.5 Å². The van der Waals surface area contributed by atoms with E-state index in [1.165, 1.54) is 0 Å². The molecule has 1 aliphatic rings. The van der Waals surface area contributed by atoms with Crippen LogP contribution in [0.15, 0.2) is 0 Å². The standard InChI is InChI=1S/C13H27NO3/c1-5-6-16-12-10(14)9-11(12)15-7-8-17-13(2,3)4/h10-12H,5-9,14H2,1-4H3. The first-order valence-electron chi connectivity index (χ1n) is 6.57. The lowest BCUT2D eigenvalue weighted by atomic mass is 9.86. The van der Waals surface area contributed by atoms with Crippen LogP contribution in [-0.4, -0.2) is 43.7 Å². The quantitative estimate of drug-likeness (QED) is 0.694. The zero-order valence-electron chi connectivity index (χ0n) is 11.6. The van der Waals surface area contributed by atoms with Crippen LogP contribution in [0, 0.1) is 0 Å². The maximum absolute atomic E-state index is 5.89. The van der Waals surface area contributed by atoms with E-state index in [1.807, 2.05) is 20.8 Å². The second kappa shape index (κ2) is 6.69. The Morgan fingerprint density at radius 2 is 1.82 bits per heavy atom. The minimum absolute atomic E-state index is 0.0737. The summed E-state index contributed by atoms with van der Waals surface area (Å²) in [7, 11) is 0. The average Bonchev–Trinajstić information content (AvgIpc) is 2.21. The van der Waals surface area contributed by atoms with Gasteiger partial charge >= 0.3 is 0 Å². The van der Waals surface area contributed by atoms with Gasteiger partial charge in [-0.25, -0.2) is 0 Å². The lowest BCUT2D eigenvalue weighted by Crippen LogP contribution is -2.58. The fourth-order valence-corrected chi connectivity index (χ4v) is 1.81. The van der Waals surface area contributed by atoms with Crippen LogP contribution in [0.3, 0.4) is 0 Å². The van der Waals surface area contributed by atoms with Crippen LogP contribution >= 0.6 is 0 Å². The van der Waals surface area contributed by atoms with Crippen molar-refractivity contribution in [3.05, 3.63) is 0 Å². The normalized spacial score (nSPS) is 29.1. The first kappa shape index (κ1) is 14.9. The van der Waals surface area contributed by atoms with Crippen molar-refractivity contribution in [2.24, 2.45) is 5.73 Å². The molecule has 3 unspecified atom stereocenters. The Kier molecular flexibility index (Phi) is 5.86. The van der Waals surface area contributed by atoms with Gasteiger partial charge in [0.1, 0.15) is 0 Å². The minimum atomic E-state index is -0.0997. The van der Waals surface area contributed by atoms with Crippen LogP contribution in [0.2, 0.25) is 0 Å². The second-order valence-corrected chi connectivity index (χ2v) is 5.61. The molecule has 0 amide bonds. The number of hydrogen-bond donors (Lipinski definition) is 1. The molecule has 1 aliphatic carbocycles. The van der Waals surface area contributed by atoms with Crippen LogP contribution in [0.25, 0.3) is 0 Å². The van der Waals surface area contributed by atoms with E-state index < -0.39 is 0 Å². The summed E-state index contributed by atoms with van der Waals surface area (Å²) in [5.74, 6) is 0. The molecule has 0 saturated heterocycles. The van der Waals surface area contributed by atoms with Gasteiger partial charge in [-0.1, -0.05) is 6.92 Å². The largest absolute Gasteiger partial charge is 0.374 e. The molecule has 0 bridgehead atoms. The predicted molar refractivity (Wildman–Crippen MR) is 68.1 cm³/mol. The molecule has 17 heavy (non-hydrogen) atoms. The Labute approximate surface area is 105 Å². The molecule has 1 saturated carbocycles. The van der Waals surface area contributed by atoms with Crippen LogP contribution in [0.4, 0.5) is 0 Å². The Hall–Kier alpha value is -0.160. The lowest BCUT2D eigenvalue weighted by molar-refractivity contribution is -0.151. The van der Waals surface area contributed by atoms with E-state index in [1.54, 1.807) is 0 Å². The Morgan fingerprint density at radius 1 is 1.12 bits per heavy atom. The molecular formula is C13H27NO3. The van der Waals surface area contributed by atoms with E-state index in [-0.39, 0.29) is 23.9 Å². The fourth-order valence-electron chi connectivity index (χ4n) is 1.81. The molecule has 2 N–H and O–H groups in total. The summed E-state index contributed by atoms with van der Waals surface area (Å²) in [4.78, 5) is 0. The van der Waals surface area contributed by atoms with Crippen molar-refractivity contribution in [2.75, 3.05) is 19.8 Å². The number of rotatable bonds is 7. The van der Waals surface area contributed by atoms with Crippen molar-refractivity contribution in [1.29, 1.82) is 0 Å². The minimum Gasteiger partial charge on any atom is -0.374 e. The fraction of sp³-hybridized carbons (Fsp3) is 1.00. The zero-order valence-corrected chi connectivity index (χ0v) is 11.6. The van der Waals surface area contributed by atoms with Crippen molar-refractivity contribution < 1.29 is 14.2 Å². The van der Waals surface area contributed by atoms with E-state index in [2.05, 4.69) is 6.92 Å². The average molecular weight is 245 g/mol. The number of hydrogen-bond acceptors (Lipinski definition) is 4. The summed E-state index contributed by atoms with van der Waals surface area (Å²) in [6, 6.07) is 0.134. The third-order valence-electron chi connectivity index (χ3n) is 2.76. The van der Waals surface area contributed by atoms with E-state index in [4.69, 9.17) is 19.9 Å². The molecule has 0 heterocycles. The molecule has 4 heteroatoms. The Bertz CT molecular complexity index is 215. The van der Waals surface area contributed by atoms with Gasteiger partial charge in [0.2, 0.25) is 0 Å². The SMILES string of the molecule is CCCOC1C(N)CC1OCCOC(C)(C)C. The molecule has 0 aromatic heterocycles. The molecule has 0 spiro atoms. The van der Waals surface area contributed by atoms with E-state index in [0.717, 1.165) is 19.4 Å². The van der Waals surface area contributed by atoms with Gasteiger partial charge in [-0.05, 0) is 33.6 Å². The van der Waals surface area contributed by atoms with E-state index in [9.17, 15) is 0 Å². The van der Waals surface area contributed by atoms with Crippen molar-refractivity contribution in [3.8, 4) is 0 Å². The second-order valence-electron chi connectivity index (χ2n) is 5.61. The molecule has 0 aliphatic heterocycles. The number of nitrogens with two attached hydrogens (primary N) is 1. The maximum Gasteiger partial charge on any atom is 0.0988 e. The number of ether oxygens (including phenoxy) is 3. The van der Waals surface area contributed by atoms with Gasteiger partial charge in [-0.15, -0.1) is 0 Å². The molecule has 0 radical (unpaired) electrons. The van der Waals surface area contributed by atoms with E-state index in [0.29, 0.717) is 13.2 Å². The maximum atomic E-state index is 5.89. The van der Waals surface area contributed by atoms with Gasteiger partial charge in [0.05, 0.1) is 31.0 Å². The summed E-state index contributed by atoms with van der Waals surface area (Å²) in [6.45, 7) is 10.2. The molecule has 1 fully saturated rings. The molecule has 1 rings (SSSR count). The Balaban J connectivity index is 2.11. The van der Waals surface area contributed by atoms with Gasteiger partial charge < -0.3 is 19.9 Å². The van der Waals surface area contributed by atoms with Gasteiger partial charge in [-0.2, -0.15) is 0 Å². The molecular weight excluding hydrogens is 218 g/mol. The summed E-state index contributed by atoms with van der Waals surface area (Å²) in [5, 5.41) is 0. The highest BCUT2D eigenvalue weighted by atomic mass is 16.6. The molecule has 3 atom stereocenters. The highest BCUT2D eigenvalue weighted by Crippen LogP contribution is 2.25. The summed E-state index contributed by atoms with van der Waals surface area (Å²) < 4.78 is 17.0. The smallest absolute Gasteiger partial charge is 0.0988 e. The third-order valence-corrected chi connectivity index (χ3v) is 2.76. The van der Waals surface area contributed by atoms with Crippen LogP contribution in [-0.2, 0) is 14.2 Å². The van der Waals surface area contributed by atoms with Gasteiger partial charge in [-0.3, -0.25) is 0 Å². The van der Waals surface area contributed by atoms with Gasteiger partial charge in [0, 0.05) is 12.6 Å². The predicted octanol–water partition coefficient (Wildman–Crippen LogP) is 1.71. The van der Waals surface area contributed by atoms with Gasteiger partial charge in [0.15, 0.2) is 0 Å². The monoisotopic (exact) mass is 245 g/mol. The van der Waals surface area contributed by atoms with Crippen LogP contribution in [0.5, 0.6) is 0 Å². The molecule has 0 aromatic rings. The lowest BCUT2D eigenvalue weighted by Gasteiger charge is -2.41. The highest BCUT2D eigenvalue weighted by molar-refractivity contribution is 4.95.